The predicted octanol–water partition coefficient (Wildman–Crippen LogP) is 4.16. The van der Waals surface area contributed by atoms with Gasteiger partial charge in [0.05, 0.1) is 10.7 Å². The Morgan fingerprint density at radius 3 is 2.55 bits per heavy atom. The van der Waals surface area contributed by atoms with Crippen LogP contribution in [0.15, 0.2) is 42.5 Å². The molecular formula is C17H18N2S. The highest BCUT2D eigenvalue weighted by molar-refractivity contribution is 7.11. The summed E-state index contributed by atoms with van der Waals surface area (Å²) >= 11 is 1.71. The van der Waals surface area contributed by atoms with Gasteiger partial charge in [0.25, 0.3) is 0 Å². The summed E-state index contributed by atoms with van der Waals surface area (Å²) in [6, 6.07) is 15.0. The van der Waals surface area contributed by atoms with E-state index < -0.39 is 0 Å². The van der Waals surface area contributed by atoms with E-state index in [1.54, 1.807) is 11.3 Å². The minimum absolute atomic E-state index is 0.0300. The van der Waals surface area contributed by atoms with E-state index in [9.17, 15) is 0 Å². The lowest BCUT2D eigenvalue weighted by molar-refractivity contribution is 0.729. The minimum atomic E-state index is 0.0300. The number of hydrogen-bond acceptors (Lipinski definition) is 3. The largest absolute Gasteiger partial charge is 0.323 e. The highest BCUT2D eigenvalue weighted by Gasteiger charge is 2.14. The fraction of sp³-hybridized carbons (Fsp3) is 0.235. The van der Waals surface area contributed by atoms with E-state index in [2.05, 4.69) is 47.4 Å². The van der Waals surface area contributed by atoms with E-state index in [0.717, 1.165) is 17.1 Å². The number of nitrogens with two attached hydrogens (primary N) is 1. The first-order chi connectivity index (χ1) is 9.63. The average molecular weight is 282 g/mol. The summed E-state index contributed by atoms with van der Waals surface area (Å²) in [4.78, 5) is 5.67. The summed E-state index contributed by atoms with van der Waals surface area (Å²) in [5.41, 5.74) is 8.71. The van der Waals surface area contributed by atoms with Crippen LogP contribution in [0, 0.1) is 13.8 Å². The number of thiazole rings is 1. The molecule has 0 aliphatic rings. The van der Waals surface area contributed by atoms with Crippen molar-refractivity contribution < 1.29 is 0 Å². The van der Waals surface area contributed by atoms with Gasteiger partial charge in [-0.2, -0.15) is 0 Å². The van der Waals surface area contributed by atoms with Crippen molar-refractivity contribution in [3.8, 4) is 0 Å². The van der Waals surface area contributed by atoms with Gasteiger partial charge in [-0.3, -0.25) is 0 Å². The smallest absolute Gasteiger partial charge is 0.0900 e. The molecule has 3 rings (SSSR count). The summed E-state index contributed by atoms with van der Waals surface area (Å²) in [6.07, 6.45) is 0.854. The van der Waals surface area contributed by atoms with Crippen molar-refractivity contribution in [2.75, 3.05) is 0 Å². The second-order valence-corrected chi connectivity index (χ2v) is 6.41. The van der Waals surface area contributed by atoms with E-state index in [1.165, 1.54) is 21.2 Å². The number of aromatic nitrogens is 1. The maximum absolute atomic E-state index is 6.36. The normalized spacial score (nSPS) is 12.8. The maximum Gasteiger partial charge on any atom is 0.0900 e. The lowest BCUT2D eigenvalue weighted by Gasteiger charge is -2.11. The lowest BCUT2D eigenvalue weighted by Crippen LogP contribution is -2.13. The van der Waals surface area contributed by atoms with Crippen molar-refractivity contribution in [3.63, 3.8) is 0 Å². The monoisotopic (exact) mass is 282 g/mol. The second kappa shape index (κ2) is 5.35. The van der Waals surface area contributed by atoms with Gasteiger partial charge in [-0.25, -0.2) is 4.98 Å². The van der Waals surface area contributed by atoms with Crippen LogP contribution in [0.3, 0.4) is 0 Å². The van der Waals surface area contributed by atoms with Crippen LogP contribution in [0.1, 0.15) is 27.2 Å². The van der Waals surface area contributed by atoms with Gasteiger partial charge >= 0.3 is 0 Å². The molecular weight excluding hydrogens is 264 g/mol. The van der Waals surface area contributed by atoms with Gasteiger partial charge in [-0.15, -0.1) is 11.3 Å². The molecule has 1 atom stereocenters. The highest BCUT2D eigenvalue weighted by Crippen LogP contribution is 2.26. The van der Waals surface area contributed by atoms with Crippen LogP contribution >= 0.6 is 11.3 Å². The first-order valence-corrected chi connectivity index (χ1v) is 7.62. The van der Waals surface area contributed by atoms with Gasteiger partial charge in [-0.1, -0.05) is 42.5 Å². The third-order valence-electron chi connectivity index (χ3n) is 3.55. The molecule has 0 saturated heterocycles. The maximum atomic E-state index is 6.36. The van der Waals surface area contributed by atoms with Crippen molar-refractivity contribution >= 4 is 22.1 Å². The number of rotatable bonds is 3. The molecule has 2 nitrogen and oxygen atoms in total. The highest BCUT2D eigenvalue weighted by atomic mass is 32.1. The van der Waals surface area contributed by atoms with E-state index in [4.69, 9.17) is 5.73 Å². The number of nitrogens with zero attached hydrogens (tertiary/aromatic N) is 1. The van der Waals surface area contributed by atoms with Crippen molar-refractivity contribution in [1.82, 2.24) is 4.98 Å². The summed E-state index contributed by atoms with van der Waals surface area (Å²) in [5.74, 6) is 0. The molecule has 3 heteroatoms. The van der Waals surface area contributed by atoms with Gasteiger partial charge in [-0.05, 0) is 36.6 Å². The van der Waals surface area contributed by atoms with E-state index in [1.807, 2.05) is 13.8 Å². The van der Waals surface area contributed by atoms with Gasteiger partial charge in [0.2, 0.25) is 0 Å². The first kappa shape index (κ1) is 13.3. The van der Waals surface area contributed by atoms with Crippen molar-refractivity contribution in [2.45, 2.75) is 26.3 Å². The Bertz CT molecular complexity index is 746. The van der Waals surface area contributed by atoms with Crippen LogP contribution < -0.4 is 5.73 Å². The molecule has 1 aromatic heterocycles. The minimum Gasteiger partial charge on any atom is -0.323 e. The fourth-order valence-corrected chi connectivity index (χ4v) is 3.53. The molecule has 1 heterocycles. The number of benzene rings is 2. The van der Waals surface area contributed by atoms with Crippen LogP contribution in [0.25, 0.3) is 10.8 Å². The Labute approximate surface area is 123 Å². The quantitative estimate of drug-likeness (QED) is 0.783. The molecule has 102 valence electrons. The topological polar surface area (TPSA) is 38.9 Å². The zero-order valence-corrected chi connectivity index (χ0v) is 12.6. The van der Waals surface area contributed by atoms with Gasteiger partial charge in [0.15, 0.2) is 0 Å². The number of aryl methyl sites for hydroxylation is 2. The Morgan fingerprint density at radius 1 is 1.10 bits per heavy atom. The van der Waals surface area contributed by atoms with Crippen LogP contribution in [-0.2, 0) is 6.42 Å². The summed E-state index contributed by atoms with van der Waals surface area (Å²) in [7, 11) is 0. The predicted molar refractivity (Wildman–Crippen MR) is 86.2 cm³/mol. The van der Waals surface area contributed by atoms with Gasteiger partial charge in [0.1, 0.15) is 0 Å². The van der Waals surface area contributed by atoms with Crippen molar-refractivity contribution in [1.29, 1.82) is 0 Å². The molecule has 2 aromatic carbocycles. The van der Waals surface area contributed by atoms with E-state index >= 15 is 0 Å². The Balaban J connectivity index is 1.87. The number of fused-ring (bicyclic) bond motifs is 1. The Kier molecular flexibility index (Phi) is 3.55. The van der Waals surface area contributed by atoms with Crippen molar-refractivity contribution in [3.05, 3.63) is 63.6 Å². The van der Waals surface area contributed by atoms with E-state index in [-0.39, 0.29) is 6.04 Å². The second-order valence-electron chi connectivity index (χ2n) is 5.17. The first-order valence-electron chi connectivity index (χ1n) is 6.80. The molecule has 0 bridgehead atoms. The molecule has 0 amide bonds. The Hall–Kier alpha value is -1.71. The van der Waals surface area contributed by atoms with Gasteiger partial charge < -0.3 is 5.73 Å². The van der Waals surface area contributed by atoms with Crippen LogP contribution in [0.2, 0.25) is 0 Å². The molecule has 2 N–H and O–H groups in total. The standard InChI is InChI=1S/C17H18N2S/c1-11-17(20-12(2)19-11)16(18)10-13-7-8-14-5-3-4-6-15(14)9-13/h3-9,16H,10,18H2,1-2H3. The third kappa shape index (κ3) is 2.60. The van der Waals surface area contributed by atoms with Crippen LogP contribution in [0.4, 0.5) is 0 Å². The fourth-order valence-electron chi connectivity index (χ4n) is 2.60. The third-order valence-corrected chi connectivity index (χ3v) is 4.75. The van der Waals surface area contributed by atoms with Gasteiger partial charge in [0, 0.05) is 10.9 Å². The molecule has 1 unspecified atom stereocenters. The van der Waals surface area contributed by atoms with Crippen molar-refractivity contribution in [2.24, 2.45) is 5.73 Å². The summed E-state index contributed by atoms with van der Waals surface area (Å²) < 4.78 is 0. The molecule has 0 spiro atoms. The zero-order chi connectivity index (χ0) is 14.1. The van der Waals surface area contributed by atoms with Crippen LogP contribution in [0.5, 0.6) is 0 Å². The lowest BCUT2D eigenvalue weighted by atomic mass is 10.0. The summed E-state index contributed by atoms with van der Waals surface area (Å²) in [6.45, 7) is 4.07. The molecule has 20 heavy (non-hydrogen) atoms. The molecule has 0 aliphatic heterocycles. The van der Waals surface area contributed by atoms with Crippen LogP contribution in [-0.4, -0.2) is 4.98 Å². The van der Waals surface area contributed by atoms with E-state index in [0.29, 0.717) is 0 Å². The number of hydrogen-bond donors (Lipinski definition) is 1. The molecule has 0 saturated carbocycles. The SMILES string of the molecule is Cc1nc(C)c(C(N)Cc2ccc3ccccc3c2)s1. The summed E-state index contributed by atoms with van der Waals surface area (Å²) in [5, 5.41) is 3.63. The molecule has 3 aromatic rings. The Morgan fingerprint density at radius 2 is 1.85 bits per heavy atom. The average Bonchev–Trinajstić information content (AvgIpc) is 2.78. The zero-order valence-electron chi connectivity index (χ0n) is 11.8. The molecule has 0 aliphatic carbocycles. The molecule has 0 radical (unpaired) electrons. The molecule has 0 fully saturated rings.